The highest BCUT2D eigenvalue weighted by molar-refractivity contribution is 9.09. The molecule has 1 aromatic rings. The number of hydrogen-bond donors (Lipinski definition) is 1. The summed E-state index contributed by atoms with van der Waals surface area (Å²) in [6, 6.07) is 6.45. The van der Waals surface area contributed by atoms with Crippen molar-refractivity contribution in [2.45, 2.75) is 57.2 Å². The van der Waals surface area contributed by atoms with Gasteiger partial charge in [-0.1, -0.05) is 48.3 Å². The second-order valence-corrected chi connectivity index (χ2v) is 8.76. The van der Waals surface area contributed by atoms with E-state index in [0.29, 0.717) is 16.2 Å². The van der Waals surface area contributed by atoms with Gasteiger partial charge in [0.1, 0.15) is 0 Å². The normalized spacial score (nSPS) is 27.3. The van der Waals surface area contributed by atoms with Crippen LogP contribution in [0.1, 0.15) is 62.9 Å². The smallest absolute Gasteiger partial charge is 0.234 e. The topological polar surface area (TPSA) is 29.1 Å². The summed E-state index contributed by atoms with van der Waals surface area (Å²) in [6.07, 6.45) is 3.90. The molecule has 3 heteroatoms. The summed E-state index contributed by atoms with van der Waals surface area (Å²) in [5.41, 5.74) is 3.36. The van der Waals surface area contributed by atoms with Crippen LogP contribution in [0.2, 0.25) is 0 Å². The summed E-state index contributed by atoms with van der Waals surface area (Å²) in [6.45, 7) is 8.75. The molecule has 1 aliphatic carbocycles. The van der Waals surface area contributed by atoms with Crippen LogP contribution in [0.15, 0.2) is 18.2 Å². The highest BCUT2D eigenvalue weighted by atomic mass is 79.9. The fourth-order valence-corrected chi connectivity index (χ4v) is 5.15. The number of nitrogens with one attached hydrogen (secondary N) is 1. The summed E-state index contributed by atoms with van der Waals surface area (Å²) in [5, 5.41) is 2.99. The molecular weight excluding hydrogens is 326 g/mol. The SMILES string of the molecule is CC1(C)C(=O)Nc2ccc(C(Br)C3CCCC3(C)C)cc21. The van der Waals surface area contributed by atoms with Gasteiger partial charge in [-0.15, -0.1) is 0 Å². The van der Waals surface area contributed by atoms with Gasteiger partial charge in [-0.25, -0.2) is 0 Å². The van der Waals surface area contributed by atoms with E-state index in [1.165, 1.54) is 24.8 Å². The van der Waals surface area contributed by atoms with E-state index in [1.807, 2.05) is 13.8 Å². The van der Waals surface area contributed by atoms with E-state index in [9.17, 15) is 4.79 Å². The fourth-order valence-electron chi connectivity index (χ4n) is 3.89. The number of benzene rings is 1. The number of anilines is 1. The predicted molar refractivity (Wildman–Crippen MR) is 90.9 cm³/mol. The summed E-state index contributed by atoms with van der Waals surface area (Å²) in [4.78, 5) is 12.4. The first kappa shape index (κ1) is 15.1. The minimum atomic E-state index is -0.427. The number of hydrogen-bond acceptors (Lipinski definition) is 1. The maximum Gasteiger partial charge on any atom is 0.234 e. The molecule has 0 bridgehead atoms. The third kappa shape index (κ3) is 2.34. The monoisotopic (exact) mass is 349 g/mol. The lowest BCUT2D eigenvalue weighted by atomic mass is 9.77. The van der Waals surface area contributed by atoms with Gasteiger partial charge in [0.05, 0.1) is 5.41 Å². The number of fused-ring (bicyclic) bond motifs is 1. The molecule has 1 heterocycles. The Morgan fingerprint density at radius 1 is 1.29 bits per heavy atom. The van der Waals surface area contributed by atoms with Crippen molar-refractivity contribution in [3.8, 4) is 0 Å². The second-order valence-electron chi connectivity index (χ2n) is 7.77. The maximum atomic E-state index is 12.1. The molecule has 1 fully saturated rings. The molecule has 0 spiro atoms. The highest BCUT2D eigenvalue weighted by Gasteiger charge is 2.41. The Morgan fingerprint density at radius 2 is 2.00 bits per heavy atom. The molecular formula is C18H24BrNO. The van der Waals surface area contributed by atoms with Gasteiger partial charge in [-0.05, 0) is 55.2 Å². The molecule has 1 saturated carbocycles. The first-order valence-corrected chi connectivity index (χ1v) is 8.75. The van der Waals surface area contributed by atoms with Crippen LogP contribution in [-0.4, -0.2) is 5.91 Å². The van der Waals surface area contributed by atoms with Crippen LogP contribution in [0, 0.1) is 11.3 Å². The average Bonchev–Trinajstić information content (AvgIpc) is 2.87. The largest absolute Gasteiger partial charge is 0.325 e. The number of rotatable bonds is 2. The van der Waals surface area contributed by atoms with E-state index >= 15 is 0 Å². The van der Waals surface area contributed by atoms with E-state index < -0.39 is 5.41 Å². The van der Waals surface area contributed by atoms with E-state index in [1.54, 1.807) is 0 Å². The van der Waals surface area contributed by atoms with Crippen molar-refractivity contribution in [2.75, 3.05) is 5.32 Å². The van der Waals surface area contributed by atoms with Crippen LogP contribution in [0.5, 0.6) is 0 Å². The molecule has 1 amide bonds. The van der Waals surface area contributed by atoms with Gasteiger partial charge in [-0.2, -0.15) is 0 Å². The van der Waals surface area contributed by atoms with E-state index in [0.717, 1.165) is 11.3 Å². The van der Waals surface area contributed by atoms with Gasteiger partial charge < -0.3 is 5.32 Å². The fraction of sp³-hybridized carbons (Fsp3) is 0.611. The van der Waals surface area contributed by atoms with Gasteiger partial charge in [0.25, 0.3) is 0 Å². The standard InChI is InChI=1S/C18H24BrNO/c1-17(2)9-5-6-12(17)15(19)11-7-8-14-13(10-11)18(3,4)16(21)20-14/h7-8,10,12,15H,5-6,9H2,1-4H3,(H,20,21). The Kier molecular flexibility index (Phi) is 3.47. The molecule has 0 radical (unpaired) electrons. The average molecular weight is 350 g/mol. The molecule has 2 unspecified atom stereocenters. The zero-order valence-corrected chi connectivity index (χ0v) is 14.9. The summed E-state index contributed by atoms with van der Waals surface area (Å²) < 4.78 is 0. The molecule has 0 saturated heterocycles. The number of alkyl halides is 1. The second kappa shape index (κ2) is 4.84. The lowest BCUT2D eigenvalue weighted by Crippen LogP contribution is -2.27. The van der Waals surface area contributed by atoms with Gasteiger partial charge in [0.15, 0.2) is 0 Å². The van der Waals surface area contributed by atoms with Crippen molar-refractivity contribution < 1.29 is 4.79 Å². The van der Waals surface area contributed by atoms with E-state index in [2.05, 4.69) is 53.3 Å². The van der Waals surface area contributed by atoms with E-state index in [4.69, 9.17) is 0 Å². The van der Waals surface area contributed by atoms with Crippen molar-refractivity contribution in [2.24, 2.45) is 11.3 Å². The van der Waals surface area contributed by atoms with Gasteiger partial charge in [0.2, 0.25) is 5.91 Å². The lowest BCUT2D eigenvalue weighted by Gasteiger charge is -2.31. The third-order valence-corrected chi connectivity index (χ3v) is 6.71. The summed E-state index contributed by atoms with van der Waals surface area (Å²) in [7, 11) is 0. The molecule has 114 valence electrons. The Morgan fingerprint density at radius 3 is 2.62 bits per heavy atom. The summed E-state index contributed by atoms with van der Waals surface area (Å²) in [5.74, 6) is 0.755. The molecule has 2 aliphatic rings. The zero-order valence-electron chi connectivity index (χ0n) is 13.3. The van der Waals surface area contributed by atoms with Crippen molar-refractivity contribution in [1.29, 1.82) is 0 Å². The number of carbonyl (C=O) groups is 1. The van der Waals surface area contributed by atoms with Crippen LogP contribution in [0.3, 0.4) is 0 Å². The Labute approximate surface area is 135 Å². The number of carbonyl (C=O) groups excluding carboxylic acids is 1. The molecule has 3 rings (SSSR count). The predicted octanol–water partition coefficient (Wildman–Crippen LogP) is 5.18. The Hall–Kier alpha value is -0.830. The third-order valence-electron chi connectivity index (χ3n) is 5.54. The van der Waals surface area contributed by atoms with Gasteiger partial charge >= 0.3 is 0 Å². The van der Waals surface area contributed by atoms with Crippen molar-refractivity contribution in [3.05, 3.63) is 29.3 Å². The Balaban J connectivity index is 1.95. The van der Waals surface area contributed by atoms with Crippen molar-refractivity contribution >= 4 is 27.5 Å². The molecule has 21 heavy (non-hydrogen) atoms. The zero-order chi connectivity index (χ0) is 15.4. The minimum Gasteiger partial charge on any atom is -0.325 e. The molecule has 1 aromatic carbocycles. The highest BCUT2D eigenvalue weighted by Crippen LogP contribution is 2.52. The molecule has 0 aromatic heterocycles. The maximum absolute atomic E-state index is 12.1. The number of amides is 1. The van der Waals surface area contributed by atoms with Gasteiger partial charge in [-0.3, -0.25) is 4.79 Å². The first-order chi connectivity index (χ1) is 9.73. The minimum absolute atomic E-state index is 0.0990. The number of halogens is 1. The van der Waals surface area contributed by atoms with Crippen molar-refractivity contribution in [1.82, 2.24) is 0 Å². The van der Waals surface area contributed by atoms with Gasteiger partial charge in [0, 0.05) is 10.5 Å². The van der Waals surface area contributed by atoms with Crippen LogP contribution in [0.4, 0.5) is 5.69 Å². The van der Waals surface area contributed by atoms with Crippen LogP contribution < -0.4 is 5.32 Å². The molecule has 2 nitrogen and oxygen atoms in total. The molecule has 1 aliphatic heterocycles. The van der Waals surface area contributed by atoms with Crippen molar-refractivity contribution in [3.63, 3.8) is 0 Å². The molecule has 2 atom stereocenters. The van der Waals surface area contributed by atoms with Crippen LogP contribution in [0.25, 0.3) is 0 Å². The quantitative estimate of drug-likeness (QED) is 0.732. The summed E-state index contributed by atoms with van der Waals surface area (Å²) >= 11 is 3.94. The van der Waals surface area contributed by atoms with Crippen LogP contribution in [-0.2, 0) is 10.2 Å². The van der Waals surface area contributed by atoms with E-state index in [-0.39, 0.29) is 5.91 Å². The lowest BCUT2D eigenvalue weighted by molar-refractivity contribution is -0.119. The first-order valence-electron chi connectivity index (χ1n) is 7.83. The Bertz CT molecular complexity index is 591. The molecule has 1 N–H and O–H groups in total. The van der Waals surface area contributed by atoms with Crippen LogP contribution >= 0.6 is 15.9 Å².